The molecule has 60 heavy (non-hydrogen) atoms. The summed E-state index contributed by atoms with van der Waals surface area (Å²) in [6.45, 7) is 0. The Morgan fingerprint density at radius 3 is 0.600 bits per heavy atom. The summed E-state index contributed by atoms with van der Waals surface area (Å²) in [5, 5.41) is 7.98. The number of rotatable bonds is 16. The zero-order valence-corrected chi connectivity index (χ0v) is 25.1. The van der Waals surface area contributed by atoms with Gasteiger partial charge in [0.15, 0.2) is 0 Å². The first-order valence-electron chi connectivity index (χ1n) is 12.1. The summed E-state index contributed by atoms with van der Waals surface area (Å²) >= 11 is 0. The number of alkyl halides is 35. The third-order valence-corrected chi connectivity index (χ3v) is 5.66. The largest absolute Gasteiger partial charge is 0.477 e. The van der Waals surface area contributed by atoms with Gasteiger partial charge in [-0.25, -0.2) is 4.79 Å². The molecular formula is C18HF35O7. The van der Waals surface area contributed by atoms with Crippen LogP contribution in [0.1, 0.15) is 0 Å². The minimum atomic E-state index is -9.62. The lowest BCUT2D eigenvalue weighted by atomic mass is 10.2. The molecule has 0 fully saturated rings. The average molecular weight is 994 g/mol. The second-order valence-corrected chi connectivity index (χ2v) is 9.94. The second-order valence-electron chi connectivity index (χ2n) is 9.94. The first kappa shape index (κ1) is 56.8. The Bertz CT molecular complexity index is 1540. The zero-order chi connectivity index (χ0) is 49.6. The molecule has 42 heteroatoms. The molecule has 0 heterocycles. The number of hydrogen-bond acceptors (Lipinski definition) is 6. The second kappa shape index (κ2) is 14.7. The minimum absolute atomic E-state index is 0.672. The van der Waals surface area contributed by atoms with E-state index in [0.29, 0.717) is 9.47 Å². The quantitative estimate of drug-likeness (QED) is 0.154. The van der Waals surface area contributed by atoms with Crippen molar-refractivity contribution in [2.45, 2.75) is 103 Å². The molecule has 0 saturated heterocycles. The van der Waals surface area contributed by atoms with Gasteiger partial charge in [0.1, 0.15) is 0 Å². The number of carboxylic acid groups (broad SMARTS) is 1. The van der Waals surface area contributed by atoms with E-state index in [0.717, 1.165) is 9.47 Å². The standard InChI is InChI=1S/C18HF35O7/c19-2(1(54)55,8(26,27)28)56-15(46,47)4(22,10(32,33)34)58-17(50,51)6(24,12(38,39)40)60-18(52,53)7(25,13(41,42)43)59-16(48,49)5(23,11(35,36)37)57-14(44,45)3(20,21)9(29,30)31/h(H,54,55)/t2-,4+,5-,6-,7-/m1/s1. The average Bonchev–Trinajstić information content (AvgIpc) is 2.91. The highest BCUT2D eigenvalue weighted by molar-refractivity contribution is 5.76. The van der Waals surface area contributed by atoms with E-state index in [1.165, 1.54) is 4.74 Å². The van der Waals surface area contributed by atoms with Crippen molar-refractivity contribution in [2.75, 3.05) is 0 Å². The van der Waals surface area contributed by atoms with Gasteiger partial charge in [-0.1, -0.05) is 0 Å². The van der Waals surface area contributed by atoms with Gasteiger partial charge in [0, 0.05) is 0 Å². The highest BCUT2D eigenvalue weighted by atomic mass is 19.5. The topological polar surface area (TPSA) is 83.5 Å². The van der Waals surface area contributed by atoms with Crippen LogP contribution in [0.3, 0.4) is 0 Å². The summed E-state index contributed by atoms with van der Waals surface area (Å²) in [6, 6.07) is 0. The van der Waals surface area contributed by atoms with Crippen LogP contribution in [0.15, 0.2) is 0 Å². The fourth-order valence-corrected chi connectivity index (χ4v) is 2.73. The maximum atomic E-state index is 14.6. The smallest absolute Gasteiger partial charge is 0.462 e. The van der Waals surface area contributed by atoms with Crippen LogP contribution < -0.4 is 0 Å². The lowest BCUT2D eigenvalue weighted by Crippen LogP contribution is -2.73. The van der Waals surface area contributed by atoms with Crippen LogP contribution in [-0.4, -0.2) is 114 Å². The van der Waals surface area contributed by atoms with Gasteiger partial charge in [-0.05, 0) is 0 Å². The van der Waals surface area contributed by atoms with Gasteiger partial charge in [0.2, 0.25) is 0 Å². The summed E-state index contributed by atoms with van der Waals surface area (Å²) in [7, 11) is 0. The van der Waals surface area contributed by atoms with Crippen LogP contribution in [0.4, 0.5) is 154 Å². The van der Waals surface area contributed by atoms with E-state index in [1.54, 1.807) is 0 Å². The SMILES string of the molecule is O=C(O)[C@@](F)(OC(F)(F)[C@@](F)(OC(F)(F)[C@](F)(OC(F)(F)[C@](F)(OC(F)(F)[C@](F)(OC(F)(F)C(F)(F)C(F)(F)F)C(F)(F)F)C(F)(F)F)C(F)(F)F)C(F)(F)F)C(F)(F)F. The summed E-state index contributed by atoms with van der Waals surface area (Å²) in [4.78, 5) is 10.3. The van der Waals surface area contributed by atoms with E-state index in [4.69, 9.17) is 5.11 Å². The van der Waals surface area contributed by atoms with Crippen LogP contribution in [0.25, 0.3) is 0 Å². The van der Waals surface area contributed by atoms with Gasteiger partial charge in [0.05, 0.1) is 0 Å². The molecular weight excluding hydrogens is 993 g/mol. The van der Waals surface area contributed by atoms with E-state index in [9.17, 15) is 158 Å². The number of hydrogen-bond donors (Lipinski definition) is 1. The molecule has 0 aromatic heterocycles. The highest BCUT2D eigenvalue weighted by Gasteiger charge is 2.91. The van der Waals surface area contributed by atoms with Crippen LogP contribution in [0.5, 0.6) is 0 Å². The first-order chi connectivity index (χ1) is 25.2. The van der Waals surface area contributed by atoms with Crippen molar-refractivity contribution in [2.24, 2.45) is 0 Å². The Balaban J connectivity index is 8.02. The van der Waals surface area contributed by atoms with Crippen molar-refractivity contribution >= 4 is 5.97 Å². The molecule has 0 aliphatic carbocycles. The lowest BCUT2D eigenvalue weighted by molar-refractivity contribution is -0.600. The molecule has 360 valence electrons. The predicted octanol–water partition coefficient (Wildman–Crippen LogP) is 10.5. The van der Waals surface area contributed by atoms with E-state index < -0.39 is 109 Å². The fourth-order valence-electron chi connectivity index (χ4n) is 2.73. The number of carboxylic acids is 1. The van der Waals surface area contributed by atoms with Crippen molar-refractivity contribution in [3.8, 4) is 0 Å². The summed E-state index contributed by atoms with van der Waals surface area (Å²) in [6.07, 6.45) is -98.3. The number of halogens is 35. The Morgan fingerprint density at radius 1 is 0.267 bits per heavy atom. The third-order valence-electron chi connectivity index (χ3n) is 5.66. The fraction of sp³-hybridized carbons (Fsp3) is 0.944. The molecule has 0 aromatic rings. The van der Waals surface area contributed by atoms with Gasteiger partial charge in [-0.2, -0.15) is 154 Å². The molecule has 5 atom stereocenters. The third kappa shape index (κ3) is 9.14. The molecule has 0 spiro atoms. The summed E-state index contributed by atoms with van der Waals surface area (Å²) in [5.74, 6) is -58.6. The van der Waals surface area contributed by atoms with Crippen LogP contribution >= 0.6 is 0 Å². The van der Waals surface area contributed by atoms with Crippen molar-refractivity contribution in [1.29, 1.82) is 0 Å². The van der Waals surface area contributed by atoms with Gasteiger partial charge >= 0.3 is 109 Å². The maximum Gasteiger partial charge on any atom is 0.462 e. The van der Waals surface area contributed by atoms with Crippen molar-refractivity contribution in [3.63, 3.8) is 0 Å². The summed E-state index contributed by atoms with van der Waals surface area (Å²) < 4.78 is 472. The van der Waals surface area contributed by atoms with Crippen molar-refractivity contribution in [3.05, 3.63) is 0 Å². The van der Waals surface area contributed by atoms with Gasteiger partial charge in [0.25, 0.3) is 0 Å². The maximum absolute atomic E-state index is 14.6. The molecule has 0 aromatic carbocycles. The molecule has 0 bridgehead atoms. The molecule has 0 unspecified atom stereocenters. The Labute approximate surface area is 297 Å². The van der Waals surface area contributed by atoms with Crippen LogP contribution in [-0.2, 0) is 28.5 Å². The molecule has 0 radical (unpaired) electrons. The van der Waals surface area contributed by atoms with Crippen molar-refractivity contribution in [1.82, 2.24) is 0 Å². The molecule has 0 amide bonds. The van der Waals surface area contributed by atoms with Gasteiger partial charge < -0.3 is 5.11 Å². The van der Waals surface area contributed by atoms with Gasteiger partial charge in [-0.15, -0.1) is 0 Å². The zero-order valence-electron chi connectivity index (χ0n) is 25.1. The number of carbonyl (C=O) groups is 1. The monoisotopic (exact) mass is 994 g/mol. The van der Waals surface area contributed by atoms with Crippen LogP contribution in [0, 0.1) is 0 Å². The Kier molecular flexibility index (Phi) is 13.9. The number of aliphatic carboxylic acids is 1. The van der Waals surface area contributed by atoms with Crippen LogP contribution in [0.2, 0.25) is 0 Å². The lowest BCUT2D eigenvalue weighted by Gasteiger charge is -2.44. The molecule has 1 N–H and O–H groups in total. The minimum Gasteiger partial charge on any atom is -0.477 e. The van der Waals surface area contributed by atoms with E-state index >= 15 is 0 Å². The molecule has 0 saturated carbocycles. The molecule has 7 nitrogen and oxygen atoms in total. The van der Waals surface area contributed by atoms with E-state index in [-0.39, 0.29) is 0 Å². The highest BCUT2D eigenvalue weighted by Crippen LogP contribution is 2.62. The Hall–Kier alpha value is -3.18. The van der Waals surface area contributed by atoms with Gasteiger partial charge in [-0.3, -0.25) is 23.7 Å². The summed E-state index contributed by atoms with van der Waals surface area (Å²) in [5.41, 5.74) is 0. The van der Waals surface area contributed by atoms with Crippen molar-refractivity contribution < 1.29 is 187 Å². The Morgan fingerprint density at radius 2 is 0.450 bits per heavy atom. The van der Waals surface area contributed by atoms with E-state index in [1.807, 2.05) is 0 Å². The molecule has 0 rings (SSSR count). The normalized spacial score (nSPS) is 20.7. The number of ether oxygens (including phenoxy) is 5. The molecule has 0 aliphatic heterocycles. The molecule has 0 aliphatic rings. The predicted molar refractivity (Wildman–Crippen MR) is 98.3 cm³/mol. The van der Waals surface area contributed by atoms with E-state index in [2.05, 4.69) is 0 Å². The first-order valence-corrected chi connectivity index (χ1v) is 12.1.